The number of sulfone groups is 1. The Morgan fingerprint density at radius 1 is 1.09 bits per heavy atom. The lowest BCUT2D eigenvalue weighted by Gasteiger charge is -2.11. The highest BCUT2D eigenvalue weighted by molar-refractivity contribution is 7.91. The number of hydrogen-bond acceptors (Lipinski definition) is 4. The minimum atomic E-state index is -3.32. The number of carbonyl (C=O) groups excluding carboxylic acids is 1. The van der Waals surface area contributed by atoms with E-state index in [9.17, 15) is 13.2 Å². The summed E-state index contributed by atoms with van der Waals surface area (Å²) in [6.07, 6.45) is 0. The molecule has 1 atom stereocenters. The monoisotopic (exact) mass is 343 g/mol. The van der Waals surface area contributed by atoms with E-state index in [1.807, 2.05) is 30.3 Å². The van der Waals surface area contributed by atoms with E-state index < -0.39 is 15.9 Å². The van der Waals surface area contributed by atoms with Crippen molar-refractivity contribution in [2.45, 2.75) is 10.9 Å². The number of thiophene rings is 1. The molecule has 0 saturated heterocycles. The van der Waals surface area contributed by atoms with Crippen LogP contribution in [-0.2, 0) is 9.84 Å². The van der Waals surface area contributed by atoms with Gasteiger partial charge in [0.15, 0.2) is 9.84 Å². The Bertz CT molecular complexity index is 988. The van der Waals surface area contributed by atoms with Gasteiger partial charge < -0.3 is 5.32 Å². The molecule has 0 bridgehead atoms. The Kier molecular flexibility index (Phi) is 3.25. The molecule has 3 aromatic rings. The summed E-state index contributed by atoms with van der Waals surface area (Å²) < 4.78 is 25.4. The second-order valence-electron chi connectivity index (χ2n) is 5.49. The molecule has 4 rings (SSSR count). The molecular formula is C17H13NO3S2. The van der Waals surface area contributed by atoms with Gasteiger partial charge in [0.25, 0.3) is 5.91 Å². The predicted octanol–water partition coefficient (Wildman–Crippen LogP) is 3.16. The largest absolute Gasteiger partial charge is 0.343 e. The molecule has 2 aromatic carbocycles. The third-order valence-corrected chi connectivity index (χ3v) is 6.90. The first kappa shape index (κ1) is 14.4. The molecule has 0 aliphatic carbocycles. The molecule has 4 nitrogen and oxygen atoms in total. The van der Waals surface area contributed by atoms with Crippen molar-refractivity contribution in [3.8, 4) is 0 Å². The van der Waals surface area contributed by atoms with Crippen LogP contribution in [0.15, 0.2) is 59.5 Å². The van der Waals surface area contributed by atoms with E-state index in [4.69, 9.17) is 0 Å². The molecule has 0 radical (unpaired) electrons. The second-order valence-corrected chi connectivity index (χ2v) is 8.58. The van der Waals surface area contributed by atoms with Crippen molar-refractivity contribution in [1.29, 1.82) is 0 Å². The maximum Gasteiger partial charge on any atom is 0.261 e. The van der Waals surface area contributed by atoms with Gasteiger partial charge in [-0.25, -0.2) is 8.42 Å². The molecule has 6 heteroatoms. The van der Waals surface area contributed by atoms with Gasteiger partial charge in [-0.05, 0) is 29.1 Å². The average molecular weight is 343 g/mol. The Morgan fingerprint density at radius 2 is 1.83 bits per heavy atom. The van der Waals surface area contributed by atoms with E-state index in [-0.39, 0.29) is 11.7 Å². The van der Waals surface area contributed by atoms with Gasteiger partial charge in [0.2, 0.25) is 0 Å². The summed E-state index contributed by atoms with van der Waals surface area (Å²) in [4.78, 5) is 13.4. The van der Waals surface area contributed by atoms with Crippen LogP contribution in [0.3, 0.4) is 0 Å². The van der Waals surface area contributed by atoms with Gasteiger partial charge in [0.05, 0.1) is 21.6 Å². The molecule has 1 aliphatic heterocycles. The summed E-state index contributed by atoms with van der Waals surface area (Å²) in [6.45, 7) is 0. The van der Waals surface area contributed by atoms with Gasteiger partial charge in [-0.1, -0.05) is 36.4 Å². The zero-order chi connectivity index (χ0) is 16.0. The molecule has 1 aromatic heterocycles. The zero-order valence-electron chi connectivity index (χ0n) is 12.0. The molecule has 1 aliphatic rings. The molecule has 1 amide bonds. The van der Waals surface area contributed by atoms with Crippen LogP contribution >= 0.6 is 11.3 Å². The summed E-state index contributed by atoms with van der Waals surface area (Å²) >= 11 is 1.41. The van der Waals surface area contributed by atoms with E-state index in [1.54, 1.807) is 24.3 Å². The lowest BCUT2D eigenvalue weighted by atomic mass is 10.1. The van der Waals surface area contributed by atoms with Crippen LogP contribution < -0.4 is 5.32 Å². The fraction of sp³-hybridized carbons (Fsp3) is 0.118. The lowest BCUT2D eigenvalue weighted by molar-refractivity contribution is 0.0945. The number of amides is 1. The molecule has 0 spiro atoms. The Balaban J connectivity index is 1.65. The maximum absolute atomic E-state index is 12.5. The van der Waals surface area contributed by atoms with Crippen molar-refractivity contribution in [3.63, 3.8) is 0 Å². The molecule has 0 unspecified atom stereocenters. The number of rotatable bonds is 2. The number of hydrogen-bond donors (Lipinski definition) is 1. The molecule has 23 heavy (non-hydrogen) atoms. The van der Waals surface area contributed by atoms with Gasteiger partial charge in [-0.2, -0.15) is 0 Å². The van der Waals surface area contributed by atoms with E-state index in [0.29, 0.717) is 15.3 Å². The highest BCUT2D eigenvalue weighted by Gasteiger charge is 2.35. The standard InChI is InChI=1S/C17H13NO3S2/c19-17(15-9-11-5-1-3-7-14(11)22-15)18-13-10-23(20,21)16-8-4-2-6-12(13)16/h1-9,13H,10H2,(H,18,19)/t13-/m0/s1. The van der Waals surface area contributed by atoms with Crippen LogP contribution in [0.4, 0.5) is 0 Å². The average Bonchev–Trinajstić information content (AvgIpc) is 3.07. The minimum Gasteiger partial charge on any atom is -0.343 e. The highest BCUT2D eigenvalue weighted by Crippen LogP contribution is 2.33. The Morgan fingerprint density at radius 3 is 2.65 bits per heavy atom. The first-order chi connectivity index (χ1) is 11.0. The second kappa shape index (κ2) is 5.18. The number of carbonyl (C=O) groups is 1. The first-order valence-corrected chi connectivity index (χ1v) is 9.62. The van der Waals surface area contributed by atoms with Crippen molar-refractivity contribution >= 4 is 37.2 Å². The van der Waals surface area contributed by atoms with Crippen LogP contribution in [-0.4, -0.2) is 20.1 Å². The normalized spacial score (nSPS) is 18.7. The summed E-state index contributed by atoms with van der Waals surface area (Å²) in [5, 5.41) is 3.88. The van der Waals surface area contributed by atoms with Crippen molar-refractivity contribution < 1.29 is 13.2 Å². The topological polar surface area (TPSA) is 63.2 Å². The van der Waals surface area contributed by atoms with Crippen LogP contribution in [0.25, 0.3) is 10.1 Å². The van der Waals surface area contributed by atoms with Crippen LogP contribution in [0.1, 0.15) is 21.3 Å². The smallest absolute Gasteiger partial charge is 0.261 e. The zero-order valence-corrected chi connectivity index (χ0v) is 13.7. The van der Waals surface area contributed by atoms with Gasteiger partial charge in [0, 0.05) is 4.70 Å². The summed E-state index contributed by atoms with van der Waals surface area (Å²) in [5.41, 5.74) is 0.668. The fourth-order valence-corrected chi connectivity index (χ4v) is 5.60. The summed E-state index contributed by atoms with van der Waals surface area (Å²) in [5.74, 6) is -0.314. The van der Waals surface area contributed by atoms with E-state index in [1.165, 1.54) is 11.3 Å². The summed E-state index contributed by atoms with van der Waals surface area (Å²) in [7, 11) is -3.32. The molecular weight excluding hydrogens is 330 g/mol. The van der Waals surface area contributed by atoms with Crippen LogP contribution in [0.5, 0.6) is 0 Å². The lowest BCUT2D eigenvalue weighted by Crippen LogP contribution is -2.28. The van der Waals surface area contributed by atoms with Gasteiger partial charge in [-0.3, -0.25) is 4.79 Å². The summed E-state index contributed by atoms with van der Waals surface area (Å²) in [6, 6.07) is 16.0. The van der Waals surface area contributed by atoms with E-state index in [2.05, 4.69) is 5.32 Å². The minimum absolute atomic E-state index is 0.0804. The molecule has 116 valence electrons. The van der Waals surface area contributed by atoms with E-state index >= 15 is 0 Å². The SMILES string of the molecule is O=C(N[C@H]1CS(=O)(=O)c2ccccc21)c1cc2ccccc2s1. The highest BCUT2D eigenvalue weighted by atomic mass is 32.2. The maximum atomic E-state index is 12.5. The van der Waals surface area contributed by atoms with Gasteiger partial charge >= 0.3 is 0 Å². The molecule has 0 saturated carbocycles. The molecule has 2 heterocycles. The molecule has 0 fully saturated rings. The Labute approximate surface area is 137 Å². The number of nitrogens with one attached hydrogen (secondary N) is 1. The van der Waals surface area contributed by atoms with E-state index in [0.717, 1.165) is 10.1 Å². The quantitative estimate of drug-likeness (QED) is 0.777. The van der Waals surface area contributed by atoms with Crippen molar-refractivity contribution in [2.75, 3.05) is 5.75 Å². The number of fused-ring (bicyclic) bond motifs is 2. The fourth-order valence-electron chi connectivity index (χ4n) is 2.89. The van der Waals surface area contributed by atoms with Crippen LogP contribution in [0, 0.1) is 0 Å². The third-order valence-electron chi connectivity index (χ3n) is 3.97. The number of benzene rings is 2. The van der Waals surface area contributed by atoms with Crippen LogP contribution in [0.2, 0.25) is 0 Å². The van der Waals surface area contributed by atoms with Gasteiger partial charge in [-0.15, -0.1) is 11.3 Å². The third kappa shape index (κ3) is 2.44. The van der Waals surface area contributed by atoms with Crippen molar-refractivity contribution in [2.24, 2.45) is 0 Å². The molecule has 1 N–H and O–H groups in total. The van der Waals surface area contributed by atoms with Gasteiger partial charge in [0.1, 0.15) is 0 Å². The van der Waals surface area contributed by atoms with Crippen molar-refractivity contribution in [1.82, 2.24) is 5.32 Å². The van der Waals surface area contributed by atoms with Crippen molar-refractivity contribution in [3.05, 3.63) is 65.0 Å². The Hall–Kier alpha value is -2.18. The predicted molar refractivity (Wildman–Crippen MR) is 90.5 cm³/mol. The first-order valence-electron chi connectivity index (χ1n) is 7.16.